The third-order valence-corrected chi connectivity index (χ3v) is 1.69. The van der Waals surface area contributed by atoms with Crippen LogP contribution in [0.3, 0.4) is 0 Å². The number of esters is 1. The largest absolute Gasteiger partial charge is 0.466 e. The predicted octanol–water partition coefficient (Wildman–Crippen LogP) is 0.974. The Balaban J connectivity index is 3.87. The smallest absolute Gasteiger partial charge is 0.307 e. The van der Waals surface area contributed by atoms with Gasteiger partial charge in [-0.25, -0.2) is 0 Å². The van der Waals surface area contributed by atoms with Crippen molar-refractivity contribution < 1.29 is 14.3 Å². The summed E-state index contributed by atoms with van der Waals surface area (Å²) in [6, 6.07) is 0. The summed E-state index contributed by atoms with van der Waals surface area (Å²) < 4.78 is 4.75. The molecule has 1 amide bonds. The molecule has 14 heavy (non-hydrogen) atoms. The van der Waals surface area contributed by atoms with Gasteiger partial charge in [-0.15, -0.1) is 6.58 Å². The molecule has 0 bridgehead atoms. The van der Waals surface area contributed by atoms with Crippen LogP contribution in [0, 0.1) is 0 Å². The molecule has 0 rings (SSSR count). The SMILES string of the molecule is C=CCN(CCC(=O)OCC)C(C)=O. The molecule has 0 radical (unpaired) electrons. The zero-order chi connectivity index (χ0) is 11.0. The fraction of sp³-hybridized carbons (Fsp3) is 0.600. The highest BCUT2D eigenvalue weighted by molar-refractivity contribution is 5.75. The van der Waals surface area contributed by atoms with E-state index in [0.717, 1.165) is 0 Å². The molecule has 0 unspecified atom stereocenters. The van der Waals surface area contributed by atoms with Crippen molar-refractivity contribution >= 4 is 11.9 Å². The second-order valence-electron chi connectivity index (χ2n) is 2.81. The van der Waals surface area contributed by atoms with E-state index in [9.17, 15) is 9.59 Å². The van der Waals surface area contributed by atoms with Gasteiger partial charge in [0.2, 0.25) is 5.91 Å². The van der Waals surface area contributed by atoms with Gasteiger partial charge in [0.05, 0.1) is 13.0 Å². The van der Waals surface area contributed by atoms with Gasteiger partial charge < -0.3 is 9.64 Å². The van der Waals surface area contributed by atoms with Crippen LogP contribution in [0.5, 0.6) is 0 Å². The van der Waals surface area contributed by atoms with Crippen LogP contribution in [0.1, 0.15) is 20.3 Å². The van der Waals surface area contributed by atoms with E-state index < -0.39 is 0 Å². The molecule has 4 heteroatoms. The van der Waals surface area contributed by atoms with E-state index >= 15 is 0 Å². The van der Waals surface area contributed by atoms with Crippen LogP contribution < -0.4 is 0 Å². The Hall–Kier alpha value is -1.32. The Kier molecular flexibility index (Phi) is 6.45. The molecule has 0 aliphatic carbocycles. The Bertz CT molecular complexity index is 213. The van der Waals surface area contributed by atoms with Crippen molar-refractivity contribution in [2.24, 2.45) is 0 Å². The van der Waals surface area contributed by atoms with Gasteiger partial charge in [0.15, 0.2) is 0 Å². The summed E-state index contributed by atoms with van der Waals surface area (Å²) in [6.07, 6.45) is 1.87. The maximum atomic E-state index is 11.0. The van der Waals surface area contributed by atoms with Crippen molar-refractivity contribution in [2.75, 3.05) is 19.7 Å². The zero-order valence-corrected chi connectivity index (χ0v) is 8.78. The fourth-order valence-electron chi connectivity index (χ4n) is 0.993. The molecule has 0 aliphatic rings. The lowest BCUT2D eigenvalue weighted by Crippen LogP contribution is -2.31. The van der Waals surface area contributed by atoms with Gasteiger partial charge >= 0.3 is 5.97 Å². The van der Waals surface area contributed by atoms with E-state index in [1.807, 2.05) is 0 Å². The average molecular weight is 199 g/mol. The van der Waals surface area contributed by atoms with Crippen LogP contribution >= 0.6 is 0 Å². The maximum absolute atomic E-state index is 11.0. The minimum absolute atomic E-state index is 0.0609. The molecule has 0 spiro atoms. The number of hydrogen-bond donors (Lipinski definition) is 0. The normalized spacial score (nSPS) is 9.29. The quantitative estimate of drug-likeness (QED) is 0.473. The summed E-state index contributed by atoms with van der Waals surface area (Å²) in [4.78, 5) is 23.6. The third kappa shape index (κ3) is 5.35. The molecular weight excluding hydrogens is 182 g/mol. The summed E-state index contributed by atoms with van der Waals surface area (Å²) in [6.45, 7) is 7.99. The lowest BCUT2D eigenvalue weighted by Gasteiger charge is -2.18. The topological polar surface area (TPSA) is 46.6 Å². The first kappa shape index (κ1) is 12.7. The monoisotopic (exact) mass is 199 g/mol. The van der Waals surface area contributed by atoms with Crippen molar-refractivity contribution in [1.82, 2.24) is 4.90 Å². The van der Waals surface area contributed by atoms with E-state index in [0.29, 0.717) is 19.7 Å². The lowest BCUT2D eigenvalue weighted by atomic mass is 10.3. The van der Waals surface area contributed by atoms with Gasteiger partial charge in [0.25, 0.3) is 0 Å². The van der Waals surface area contributed by atoms with E-state index in [-0.39, 0.29) is 18.3 Å². The predicted molar refractivity (Wildman–Crippen MR) is 53.7 cm³/mol. The molecule has 0 aromatic heterocycles. The molecule has 0 aliphatic heterocycles. The van der Waals surface area contributed by atoms with Crippen LogP contribution in [0.15, 0.2) is 12.7 Å². The first-order valence-electron chi connectivity index (χ1n) is 4.63. The maximum Gasteiger partial charge on any atom is 0.307 e. The van der Waals surface area contributed by atoms with Gasteiger partial charge in [-0.3, -0.25) is 9.59 Å². The van der Waals surface area contributed by atoms with Crippen LogP contribution in [0.2, 0.25) is 0 Å². The molecule has 0 atom stereocenters. The Morgan fingerprint density at radius 3 is 2.57 bits per heavy atom. The van der Waals surface area contributed by atoms with E-state index in [1.165, 1.54) is 6.92 Å². The Labute approximate surface area is 84.5 Å². The highest BCUT2D eigenvalue weighted by Gasteiger charge is 2.09. The molecule has 0 fully saturated rings. The van der Waals surface area contributed by atoms with Gasteiger partial charge in [-0.1, -0.05) is 6.08 Å². The first-order valence-corrected chi connectivity index (χ1v) is 4.63. The van der Waals surface area contributed by atoms with Crippen LogP contribution in [-0.2, 0) is 14.3 Å². The standard InChI is InChI=1S/C10H17NO3/c1-4-7-11(9(3)12)8-6-10(13)14-5-2/h4H,1,5-8H2,2-3H3. The zero-order valence-electron chi connectivity index (χ0n) is 8.78. The molecule has 0 heterocycles. The van der Waals surface area contributed by atoms with Gasteiger partial charge in [0, 0.05) is 20.0 Å². The van der Waals surface area contributed by atoms with Crippen molar-refractivity contribution in [3.8, 4) is 0 Å². The second-order valence-corrected chi connectivity index (χ2v) is 2.81. The van der Waals surface area contributed by atoms with Crippen molar-refractivity contribution in [3.05, 3.63) is 12.7 Å². The summed E-state index contributed by atoms with van der Waals surface area (Å²) >= 11 is 0. The van der Waals surface area contributed by atoms with Crippen molar-refractivity contribution in [3.63, 3.8) is 0 Å². The minimum atomic E-state index is -0.275. The average Bonchev–Trinajstić information content (AvgIpc) is 2.12. The first-order chi connectivity index (χ1) is 6.61. The fourth-order valence-corrected chi connectivity index (χ4v) is 0.993. The van der Waals surface area contributed by atoms with Gasteiger partial charge in [-0.2, -0.15) is 0 Å². The minimum Gasteiger partial charge on any atom is -0.466 e. The summed E-state index contributed by atoms with van der Waals surface area (Å²) in [5.41, 5.74) is 0. The molecule has 80 valence electrons. The number of carbonyl (C=O) groups excluding carboxylic acids is 2. The number of nitrogens with zero attached hydrogens (tertiary/aromatic N) is 1. The second kappa shape index (κ2) is 7.12. The summed E-state index contributed by atoms with van der Waals surface area (Å²) in [7, 11) is 0. The molecule has 0 N–H and O–H groups in total. The Morgan fingerprint density at radius 2 is 2.14 bits per heavy atom. The van der Waals surface area contributed by atoms with Crippen molar-refractivity contribution in [2.45, 2.75) is 20.3 Å². The number of rotatable bonds is 6. The van der Waals surface area contributed by atoms with E-state index in [1.54, 1.807) is 17.9 Å². The molecule has 0 aromatic carbocycles. The molecule has 0 saturated carbocycles. The highest BCUT2D eigenvalue weighted by atomic mass is 16.5. The Morgan fingerprint density at radius 1 is 1.50 bits per heavy atom. The van der Waals surface area contributed by atoms with Crippen LogP contribution in [0.4, 0.5) is 0 Å². The van der Waals surface area contributed by atoms with Gasteiger partial charge in [-0.05, 0) is 6.92 Å². The summed E-state index contributed by atoms with van der Waals surface area (Å²) in [5.74, 6) is -0.336. The number of hydrogen-bond acceptors (Lipinski definition) is 3. The summed E-state index contributed by atoms with van der Waals surface area (Å²) in [5, 5.41) is 0. The third-order valence-electron chi connectivity index (χ3n) is 1.69. The molecule has 0 saturated heterocycles. The van der Waals surface area contributed by atoms with E-state index in [2.05, 4.69) is 6.58 Å². The van der Waals surface area contributed by atoms with Crippen LogP contribution in [-0.4, -0.2) is 36.5 Å². The number of carbonyl (C=O) groups is 2. The number of amides is 1. The number of ether oxygens (including phenoxy) is 1. The lowest BCUT2D eigenvalue weighted by molar-refractivity contribution is -0.143. The van der Waals surface area contributed by atoms with Gasteiger partial charge in [0.1, 0.15) is 0 Å². The molecule has 4 nitrogen and oxygen atoms in total. The highest BCUT2D eigenvalue weighted by Crippen LogP contribution is 1.95. The molecular formula is C10H17NO3. The van der Waals surface area contributed by atoms with Crippen molar-refractivity contribution in [1.29, 1.82) is 0 Å². The van der Waals surface area contributed by atoms with E-state index in [4.69, 9.17) is 4.74 Å². The van der Waals surface area contributed by atoms with Crippen LogP contribution in [0.25, 0.3) is 0 Å². The molecule has 0 aromatic rings.